The molecule has 0 unspecified atom stereocenters. The molecule has 0 saturated heterocycles. The van der Waals surface area contributed by atoms with Gasteiger partial charge in [0.25, 0.3) is 5.92 Å². The Morgan fingerprint density at radius 1 is 1.30 bits per heavy atom. The van der Waals surface area contributed by atoms with Gasteiger partial charge in [0.05, 0.1) is 11.2 Å². The molecule has 1 aliphatic rings. The summed E-state index contributed by atoms with van der Waals surface area (Å²) >= 11 is 0. The first-order chi connectivity index (χ1) is 12.7. The van der Waals surface area contributed by atoms with Crippen LogP contribution in [0.2, 0.25) is 0 Å². The number of benzene rings is 1. The summed E-state index contributed by atoms with van der Waals surface area (Å²) in [7, 11) is 1.59. The van der Waals surface area contributed by atoms with E-state index in [4.69, 9.17) is 0 Å². The van der Waals surface area contributed by atoms with Crippen molar-refractivity contribution in [2.75, 3.05) is 0 Å². The molecule has 0 bridgehead atoms. The number of nitrogens with zero attached hydrogens (tertiary/aromatic N) is 3. The summed E-state index contributed by atoms with van der Waals surface area (Å²) in [5.41, 5.74) is 3.59. The maximum Gasteiger partial charge on any atom is 0.330 e. The van der Waals surface area contributed by atoms with Gasteiger partial charge in [0.2, 0.25) is 0 Å². The van der Waals surface area contributed by atoms with Crippen molar-refractivity contribution in [1.82, 2.24) is 14.1 Å². The Morgan fingerprint density at radius 2 is 2.00 bits per heavy atom. The van der Waals surface area contributed by atoms with Crippen LogP contribution in [0.1, 0.15) is 29.3 Å². The zero-order valence-corrected chi connectivity index (χ0v) is 15.3. The van der Waals surface area contributed by atoms with E-state index in [1.54, 1.807) is 31.3 Å². The van der Waals surface area contributed by atoms with Gasteiger partial charge in [0.1, 0.15) is 0 Å². The summed E-state index contributed by atoms with van der Waals surface area (Å²) in [5, 5.41) is 0. The second-order valence-electron chi connectivity index (χ2n) is 7.24. The SMILES string of the molecule is CC(=O)c1ccc(C)c(-c2ccc3c(n2)n(C)c(=O)n3C[C@H]2CC2(F)F)c1. The third-order valence-electron chi connectivity index (χ3n) is 5.26. The van der Waals surface area contributed by atoms with Gasteiger partial charge in [0.15, 0.2) is 11.4 Å². The highest BCUT2D eigenvalue weighted by Gasteiger charge is 2.57. The van der Waals surface area contributed by atoms with Crippen LogP contribution in [-0.2, 0) is 13.6 Å². The van der Waals surface area contributed by atoms with Crippen LogP contribution in [0.25, 0.3) is 22.4 Å². The lowest BCUT2D eigenvalue weighted by Gasteiger charge is -2.08. The predicted octanol–water partition coefficient (Wildman–Crippen LogP) is 3.57. The number of fused-ring (bicyclic) bond motifs is 1. The summed E-state index contributed by atoms with van der Waals surface area (Å²) in [6.45, 7) is 3.41. The van der Waals surface area contributed by atoms with Crippen LogP contribution in [0.3, 0.4) is 0 Å². The Kier molecular flexibility index (Phi) is 3.80. The van der Waals surface area contributed by atoms with Crippen molar-refractivity contribution in [2.24, 2.45) is 13.0 Å². The fourth-order valence-corrected chi connectivity index (χ4v) is 3.40. The van der Waals surface area contributed by atoms with Crippen molar-refractivity contribution >= 4 is 16.9 Å². The van der Waals surface area contributed by atoms with Gasteiger partial charge in [-0.05, 0) is 37.6 Å². The maximum absolute atomic E-state index is 13.3. The third-order valence-corrected chi connectivity index (χ3v) is 5.26. The Labute approximate surface area is 154 Å². The lowest BCUT2D eigenvalue weighted by molar-refractivity contribution is 0.0950. The lowest BCUT2D eigenvalue weighted by Crippen LogP contribution is -2.23. The monoisotopic (exact) mass is 371 g/mol. The van der Waals surface area contributed by atoms with Crippen LogP contribution >= 0.6 is 0 Å². The van der Waals surface area contributed by atoms with E-state index in [2.05, 4.69) is 4.98 Å². The standard InChI is InChI=1S/C20H19F2N3O2/c1-11-4-5-13(12(2)26)8-15(11)16-6-7-17-18(23-16)24(3)19(27)25(17)10-14-9-20(14,21)22/h4-8,14H,9-10H2,1-3H3/t14-/m1/s1. The first-order valence-corrected chi connectivity index (χ1v) is 8.75. The third kappa shape index (κ3) is 2.87. The van der Waals surface area contributed by atoms with Crippen LogP contribution in [0, 0.1) is 12.8 Å². The first-order valence-electron chi connectivity index (χ1n) is 8.75. The van der Waals surface area contributed by atoms with Gasteiger partial charge in [-0.3, -0.25) is 13.9 Å². The van der Waals surface area contributed by atoms with Crippen molar-refractivity contribution in [3.05, 3.63) is 51.9 Å². The summed E-state index contributed by atoms with van der Waals surface area (Å²) in [5.74, 6) is -3.52. The van der Waals surface area contributed by atoms with Gasteiger partial charge in [-0.15, -0.1) is 0 Å². The molecule has 1 aliphatic carbocycles. The minimum absolute atomic E-state index is 0.0109. The summed E-state index contributed by atoms with van der Waals surface area (Å²) < 4.78 is 29.3. The van der Waals surface area contributed by atoms with Crippen molar-refractivity contribution in [1.29, 1.82) is 0 Å². The molecule has 1 fully saturated rings. The van der Waals surface area contributed by atoms with Gasteiger partial charge < -0.3 is 0 Å². The number of halogens is 2. The minimum Gasteiger partial charge on any atom is -0.295 e. The average molecular weight is 371 g/mol. The number of pyridine rings is 1. The Hall–Kier alpha value is -2.83. The second kappa shape index (κ2) is 5.84. The topological polar surface area (TPSA) is 56.9 Å². The van der Waals surface area contributed by atoms with E-state index in [0.29, 0.717) is 22.4 Å². The number of imidazole rings is 1. The van der Waals surface area contributed by atoms with Crippen LogP contribution in [-0.4, -0.2) is 25.8 Å². The molecule has 1 atom stereocenters. The number of hydrogen-bond acceptors (Lipinski definition) is 3. The van der Waals surface area contributed by atoms with Gasteiger partial charge in [-0.25, -0.2) is 18.6 Å². The van der Waals surface area contributed by atoms with E-state index in [9.17, 15) is 18.4 Å². The molecule has 3 aromatic rings. The number of hydrogen-bond donors (Lipinski definition) is 0. The number of ketones is 1. The molecule has 1 saturated carbocycles. The van der Waals surface area contributed by atoms with Crippen molar-refractivity contribution in [3.63, 3.8) is 0 Å². The van der Waals surface area contributed by atoms with E-state index in [1.165, 1.54) is 16.1 Å². The van der Waals surface area contributed by atoms with Gasteiger partial charge >= 0.3 is 5.69 Å². The molecule has 0 N–H and O–H groups in total. The van der Waals surface area contributed by atoms with Crippen molar-refractivity contribution in [3.8, 4) is 11.3 Å². The highest BCUT2D eigenvalue weighted by molar-refractivity contribution is 5.95. The maximum atomic E-state index is 13.3. The predicted molar refractivity (Wildman–Crippen MR) is 98.2 cm³/mol. The molecule has 2 aromatic heterocycles. The smallest absolute Gasteiger partial charge is 0.295 e. The van der Waals surface area contributed by atoms with E-state index in [0.717, 1.165) is 11.1 Å². The molecule has 0 amide bonds. The van der Waals surface area contributed by atoms with Crippen LogP contribution in [0.5, 0.6) is 0 Å². The molecular formula is C20H19F2N3O2. The number of carbonyl (C=O) groups is 1. The van der Waals surface area contributed by atoms with Crippen LogP contribution in [0.4, 0.5) is 8.78 Å². The molecule has 0 spiro atoms. The minimum atomic E-state index is -2.68. The lowest BCUT2D eigenvalue weighted by atomic mass is 10.00. The fourth-order valence-electron chi connectivity index (χ4n) is 3.40. The molecule has 27 heavy (non-hydrogen) atoms. The molecule has 7 heteroatoms. The number of carbonyl (C=O) groups excluding carboxylic acids is 1. The highest BCUT2D eigenvalue weighted by atomic mass is 19.3. The number of Topliss-reactive ketones (excluding diaryl/α,β-unsaturated/α-hetero) is 1. The number of aromatic nitrogens is 3. The van der Waals surface area contributed by atoms with E-state index in [-0.39, 0.29) is 24.4 Å². The average Bonchev–Trinajstić information content (AvgIpc) is 3.16. The molecule has 5 nitrogen and oxygen atoms in total. The van der Waals surface area contributed by atoms with E-state index < -0.39 is 11.8 Å². The molecule has 0 radical (unpaired) electrons. The first kappa shape index (κ1) is 17.6. The van der Waals surface area contributed by atoms with E-state index >= 15 is 0 Å². The molecule has 1 aromatic carbocycles. The Balaban J connectivity index is 1.82. The summed E-state index contributed by atoms with van der Waals surface area (Å²) in [6, 6.07) is 8.90. The van der Waals surface area contributed by atoms with E-state index in [1.807, 2.05) is 13.0 Å². The summed E-state index contributed by atoms with van der Waals surface area (Å²) in [6.07, 6.45) is -0.182. The van der Waals surface area contributed by atoms with Crippen LogP contribution < -0.4 is 5.69 Å². The normalized spacial score (nSPS) is 18.0. The van der Waals surface area contributed by atoms with Crippen molar-refractivity contribution < 1.29 is 13.6 Å². The molecule has 140 valence electrons. The highest BCUT2D eigenvalue weighted by Crippen LogP contribution is 2.49. The van der Waals surface area contributed by atoms with Crippen LogP contribution in [0.15, 0.2) is 35.1 Å². The molecule has 4 rings (SSSR count). The number of alkyl halides is 2. The largest absolute Gasteiger partial charge is 0.330 e. The van der Waals surface area contributed by atoms with Gasteiger partial charge in [-0.2, -0.15) is 0 Å². The second-order valence-corrected chi connectivity index (χ2v) is 7.24. The molecular weight excluding hydrogens is 352 g/mol. The zero-order valence-electron chi connectivity index (χ0n) is 15.3. The Morgan fingerprint density at radius 3 is 2.63 bits per heavy atom. The quantitative estimate of drug-likeness (QED) is 0.659. The van der Waals surface area contributed by atoms with Gasteiger partial charge in [0, 0.05) is 37.1 Å². The zero-order chi connectivity index (χ0) is 19.5. The number of aryl methyl sites for hydroxylation is 2. The van der Waals surface area contributed by atoms with Crippen molar-refractivity contribution in [2.45, 2.75) is 32.7 Å². The molecule has 0 aliphatic heterocycles. The number of rotatable bonds is 4. The summed E-state index contributed by atoms with van der Waals surface area (Å²) in [4.78, 5) is 28.8. The Bertz CT molecular complexity index is 1140. The fraction of sp³-hybridized carbons (Fsp3) is 0.350. The van der Waals surface area contributed by atoms with Gasteiger partial charge in [-0.1, -0.05) is 12.1 Å². The molecule has 2 heterocycles.